The largest absolute Gasteiger partial charge is 0.461 e. The minimum atomic E-state index is -0.988. The third-order valence-electron chi connectivity index (χ3n) is 4.19. The van der Waals surface area contributed by atoms with Crippen LogP contribution in [0.5, 0.6) is 0 Å². The van der Waals surface area contributed by atoms with E-state index in [1.54, 1.807) is 0 Å². The van der Waals surface area contributed by atoms with Crippen molar-refractivity contribution in [2.75, 3.05) is 0 Å². The molecule has 5 nitrogen and oxygen atoms in total. The normalized spacial score (nSPS) is 35.2. The van der Waals surface area contributed by atoms with Gasteiger partial charge in [0.15, 0.2) is 0 Å². The molecule has 0 aromatic carbocycles. The Hall–Kier alpha value is -1.88. The number of rotatable bonds is 1. The van der Waals surface area contributed by atoms with Crippen LogP contribution in [-0.4, -0.2) is 35.4 Å². The lowest BCUT2D eigenvalue weighted by molar-refractivity contribution is -0.152. The molecular weight excluding hydrogens is 284 g/mol. The molecule has 0 unspecified atom stereocenters. The molecule has 0 aromatic rings. The molecule has 0 bridgehead atoms. The quantitative estimate of drug-likeness (QED) is 0.456. The highest BCUT2D eigenvalue weighted by Crippen LogP contribution is 2.38. The Bertz CT molecular complexity index is 545. The Balaban J connectivity index is 2.42. The molecule has 5 heteroatoms. The number of esters is 2. The first kappa shape index (κ1) is 16.5. The van der Waals surface area contributed by atoms with Crippen molar-refractivity contribution in [1.29, 1.82) is 0 Å². The molecule has 2 rings (SSSR count). The summed E-state index contributed by atoms with van der Waals surface area (Å²) in [6.45, 7) is 10.9. The zero-order valence-corrected chi connectivity index (χ0v) is 13.0. The van der Waals surface area contributed by atoms with Gasteiger partial charge < -0.3 is 14.6 Å². The van der Waals surface area contributed by atoms with Crippen LogP contribution in [0.4, 0.5) is 0 Å². The predicted octanol–water partition coefficient (Wildman–Crippen LogP) is 2.06. The number of carbonyl (C=O) groups excluding carboxylic acids is 2. The Morgan fingerprint density at radius 1 is 1.45 bits per heavy atom. The molecule has 0 spiro atoms. The van der Waals surface area contributed by atoms with E-state index >= 15 is 0 Å². The fraction of sp³-hybridized carbons (Fsp3) is 0.529. The molecule has 1 N–H and O–H groups in total. The number of aliphatic hydroxyl groups excluding tert-OH is 1. The van der Waals surface area contributed by atoms with Crippen molar-refractivity contribution in [3.63, 3.8) is 0 Å². The highest BCUT2D eigenvalue weighted by molar-refractivity contribution is 5.91. The summed E-state index contributed by atoms with van der Waals surface area (Å²) in [5.41, 5.74) is 1.89. The first-order valence-electron chi connectivity index (χ1n) is 7.39. The minimum Gasteiger partial charge on any atom is -0.461 e. The molecule has 1 aliphatic heterocycles. The Labute approximate surface area is 130 Å². The average molecular weight is 306 g/mol. The van der Waals surface area contributed by atoms with E-state index in [2.05, 4.69) is 13.2 Å². The number of ether oxygens (including phenoxy) is 2. The summed E-state index contributed by atoms with van der Waals surface area (Å²) < 4.78 is 10.7. The van der Waals surface area contributed by atoms with Crippen LogP contribution in [0.1, 0.15) is 33.1 Å². The van der Waals surface area contributed by atoms with Gasteiger partial charge in [-0.15, -0.1) is 0 Å². The van der Waals surface area contributed by atoms with Gasteiger partial charge in [-0.2, -0.15) is 0 Å². The zero-order chi connectivity index (χ0) is 16.4. The minimum absolute atomic E-state index is 0.233. The topological polar surface area (TPSA) is 72.8 Å². The van der Waals surface area contributed by atoms with Gasteiger partial charge in [0.2, 0.25) is 0 Å². The van der Waals surface area contributed by atoms with E-state index in [0.717, 1.165) is 12.0 Å². The summed E-state index contributed by atoms with van der Waals surface area (Å²) in [7, 11) is 0. The first-order chi connectivity index (χ1) is 10.3. The van der Waals surface area contributed by atoms with Gasteiger partial charge in [-0.25, -0.2) is 4.79 Å². The molecular formula is C17H22O5. The van der Waals surface area contributed by atoms with Crippen molar-refractivity contribution >= 4 is 11.9 Å². The number of allylic oxidation sites excluding steroid dienone is 1. The predicted molar refractivity (Wildman–Crippen MR) is 80.8 cm³/mol. The van der Waals surface area contributed by atoms with Gasteiger partial charge in [0.25, 0.3) is 0 Å². The lowest BCUT2D eigenvalue weighted by Crippen LogP contribution is -2.40. The molecule has 1 heterocycles. The maximum Gasteiger partial charge on any atom is 0.334 e. The van der Waals surface area contributed by atoms with Crippen LogP contribution in [0.3, 0.4) is 0 Å². The maximum absolute atomic E-state index is 11.9. The number of fused-ring (bicyclic) bond motifs is 1. The standard InChI is InChI=1S/C17H22O5/c1-9-6-5-7-10(2)15(19)16-14(11(3)17(20)22-16)13(8-9)21-12(4)18/h6,13-16,19H,2-3,5,7-8H2,1,4H3/b9-6+/t13-,14-,15-,16+/m1/s1. The lowest BCUT2D eigenvalue weighted by Gasteiger charge is -2.31. The number of aliphatic hydroxyl groups is 1. The van der Waals surface area contributed by atoms with Gasteiger partial charge in [-0.05, 0) is 25.3 Å². The molecule has 2 aliphatic rings. The van der Waals surface area contributed by atoms with Gasteiger partial charge >= 0.3 is 11.9 Å². The molecule has 1 aliphatic carbocycles. The fourth-order valence-electron chi connectivity index (χ4n) is 3.04. The molecule has 1 saturated heterocycles. The van der Waals surface area contributed by atoms with E-state index in [9.17, 15) is 14.7 Å². The maximum atomic E-state index is 11.9. The molecule has 0 radical (unpaired) electrons. The third kappa shape index (κ3) is 3.30. The van der Waals surface area contributed by atoms with Crippen LogP contribution in [0.15, 0.2) is 36.0 Å². The lowest BCUT2D eigenvalue weighted by atomic mass is 9.82. The molecule has 0 amide bonds. The smallest absolute Gasteiger partial charge is 0.334 e. The van der Waals surface area contributed by atoms with E-state index < -0.39 is 36.2 Å². The fourth-order valence-corrected chi connectivity index (χ4v) is 3.04. The molecule has 0 aromatic heterocycles. The number of hydrogen-bond donors (Lipinski definition) is 1. The van der Waals surface area contributed by atoms with Crippen LogP contribution in [0.25, 0.3) is 0 Å². The van der Waals surface area contributed by atoms with Crippen molar-refractivity contribution in [3.8, 4) is 0 Å². The van der Waals surface area contributed by atoms with Crippen LogP contribution < -0.4 is 0 Å². The van der Waals surface area contributed by atoms with Crippen molar-refractivity contribution in [2.45, 2.75) is 51.4 Å². The van der Waals surface area contributed by atoms with Crippen molar-refractivity contribution in [3.05, 3.63) is 36.0 Å². The number of carbonyl (C=O) groups is 2. The molecule has 0 saturated carbocycles. The highest BCUT2D eigenvalue weighted by Gasteiger charge is 2.48. The third-order valence-corrected chi connectivity index (χ3v) is 4.19. The zero-order valence-electron chi connectivity index (χ0n) is 13.0. The highest BCUT2D eigenvalue weighted by atomic mass is 16.6. The van der Waals surface area contributed by atoms with Crippen LogP contribution in [0.2, 0.25) is 0 Å². The molecule has 120 valence electrons. The van der Waals surface area contributed by atoms with E-state index in [4.69, 9.17) is 9.47 Å². The van der Waals surface area contributed by atoms with Gasteiger partial charge in [0.1, 0.15) is 18.3 Å². The Morgan fingerprint density at radius 3 is 2.77 bits per heavy atom. The van der Waals surface area contributed by atoms with E-state index in [0.29, 0.717) is 18.4 Å². The molecule has 22 heavy (non-hydrogen) atoms. The second-order valence-corrected chi connectivity index (χ2v) is 5.97. The number of hydrogen-bond acceptors (Lipinski definition) is 5. The molecule has 4 atom stereocenters. The van der Waals surface area contributed by atoms with Crippen molar-refractivity contribution < 1.29 is 24.2 Å². The van der Waals surface area contributed by atoms with Gasteiger partial charge in [0.05, 0.1) is 5.92 Å². The Kier molecular flexibility index (Phi) is 4.86. The first-order valence-corrected chi connectivity index (χ1v) is 7.39. The van der Waals surface area contributed by atoms with Crippen LogP contribution in [-0.2, 0) is 19.1 Å². The van der Waals surface area contributed by atoms with Crippen LogP contribution >= 0.6 is 0 Å². The SMILES string of the molecule is C=C1C(=O)O[C@H]2[C@H]1[C@H](OC(C)=O)C/C(C)=C/CCC(=C)[C@H]2O. The average Bonchev–Trinajstić information content (AvgIpc) is 2.72. The summed E-state index contributed by atoms with van der Waals surface area (Å²) in [6, 6.07) is 0. The molecule has 1 fully saturated rings. The van der Waals surface area contributed by atoms with Crippen molar-refractivity contribution in [1.82, 2.24) is 0 Å². The second kappa shape index (κ2) is 6.48. The van der Waals surface area contributed by atoms with Crippen molar-refractivity contribution in [2.24, 2.45) is 5.92 Å². The summed E-state index contributed by atoms with van der Waals surface area (Å²) in [5.74, 6) is -1.56. The summed E-state index contributed by atoms with van der Waals surface area (Å²) >= 11 is 0. The van der Waals surface area contributed by atoms with Gasteiger partial charge in [-0.1, -0.05) is 24.8 Å². The van der Waals surface area contributed by atoms with Crippen LogP contribution in [0, 0.1) is 5.92 Å². The Morgan fingerprint density at radius 2 is 2.14 bits per heavy atom. The van der Waals surface area contributed by atoms with E-state index in [1.807, 2.05) is 13.0 Å². The van der Waals surface area contributed by atoms with Gasteiger partial charge in [0, 0.05) is 18.9 Å². The second-order valence-electron chi connectivity index (χ2n) is 5.97. The van der Waals surface area contributed by atoms with E-state index in [1.165, 1.54) is 6.92 Å². The summed E-state index contributed by atoms with van der Waals surface area (Å²) in [4.78, 5) is 23.3. The summed E-state index contributed by atoms with van der Waals surface area (Å²) in [5, 5.41) is 10.4. The van der Waals surface area contributed by atoms with Gasteiger partial charge in [-0.3, -0.25) is 4.79 Å². The van der Waals surface area contributed by atoms with E-state index in [-0.39, 0.29) is 5.57 Å². The monoisotopic (exact) mass is 306 g/mol. The summed E-state index contributed by atoms with van der Waals surface area (Å²) in [6.07, 6.45) is 1.49.